The molecule has 3 aromatic rings. The second-order valence-corrected chi connectivity index (χ2v) is 9.48. The van der Waals surface area contributed by atoms with Gasteiger partial charge >= 0.3 is 12.2 Å². The average Bonchev–Trinajstić information content (AvgIpc) is 3.32. The number of aromatic nitrogens is 1. The summed E-state index contributed by atoms with van der Waals surface area (Å²) in [5, 5.41) is 6.47. The predicted molar refractivity (Wildman–Crippen MR) is 130 cm³/mol. The highest BCUT2D eigenvalue weighted by molar-refractivity contribution is 6.30. The van der Waals surface area contributed by atoms with Crippen LogP contribution in [-0.2, 0) is 18.1 Å². The zero-order valence-corrected chi connectivity index (χ0v) is 20.1. The van der Waals surface area contributed by atoms with E-state index in [1.807, 2.05) is 30.3 Å². The van der Waals surface area contributed by atoms with Crippen molar-refractivity contribution in [3.8, 4) is 0 Å². The highest BCUT2D eigenvalue weighted by Crippen LogP contribution is 2.38. The standard InChI is InChI=1S/C27H27ClF3N3O/c1-18-14-22(28)17-32-24(18)26(16-19-8-3-2-4-9-19,34-25(35)33-23-12-5-6-13-23)20-10-7-11-21(15-20)27(29,30)31/h2-4,7-11,14-15,17,23H,5-6,12-13,16H2,1H3,(H2,33,34,35). The molecule has 1 aliphatic rings. The number of hydrogen-bond donors (Lipinski definition) is 2. The summed E-state index contributed by atoms with van der Waals surface area (Å²) < 4.78 is 41.2. The van der Waals surface area contributed by atoms with Crippen LogP contribution in [0.25, 0.3) is 0 Å². The third-order valence-electron chi connectivity index (χ3n) is 6.46. The molecule has 35 heavy (non-hydrogen) atoms. The first-order valence-corrected chi connectivity index (χ1v) is 12.0. The Bertz CT molecular complexity index is 1180. The minimum atomic E-state index is -4.54. The van der Waals surface area contributed by atoms with Gasteiger partial charge in [0.15, 0.2) is 0 Å². The van der Waals surface area contributed by atoms with Gasteiger partial charge in [0, 0.05) is 18.7 Å². The molecule has 1 saturated carbocycles. The number of amides is 2. The number of nitrogens with zero attached hydrogens (tertiary/aromatic N) is 1. The van der Waals surface area contributed by atoms with Crippen molar-refractivity contribution < 1.29 is 18.0 Å². The number of pyridine rings is 1. The first-order chi connectivity index (χ1) is 16.7. The summed E-state index contributed by atoms with van der Waals surface area (Å²) in [5.74, 6) is 0. The fraction of sp³-hybridized carbons (Fsp3) is 0.333. The molecule has 2 amide bonds. The summed E-state index contributed by atoms with van der Waals surface area (Å²) in [5.41, 5.74) is 0.0496. The summed E-state index contributed by atoms with van der Waals surface area (Å²) in [6, 6.07) is 15.7. The number of rotatable bonds is 6. The molecule has 1 atom stereocenters. The number of urea groups is 1. The van der Waals surface area contributed by atoms with Gasteiger partial charge < -0.3 is 10.6 Å². The average molecular weight is 502 g/mol. The lowest BCUT2D eigenvalue weighted by Gasteiger charge is -2.37. The number of benzene rings is 2. The van der Waals surface area contributed by atoms with Crippen LogP contribution in [0.15, 0.2) is 66.9 Å². The molecule has 4 nitrogen and oxygen atoms in total. The molecule has 8 heteroatoms. The first-order valence-electron chi connectivity index (χ1n) is 11.6. The smallest absolute Gasteiger partial charge is 0.335 e. The predicted octanol–water partition coefficient (Wildman–Crippen LogP) is 6.79. The van der Waals surface area contributed by atoms with E-state index >= 15 is 0 Å². The largest absolute Gasteiger partial charge is 0.416 e. The molecule has 1 unspecified atom stereocenters. The third-order valence-corrected chi connectivity index (χ3v) is 6.67. The Balaban J connectivity index is 1.89. The Morgan fingerprint density at radius 1 is 1.03 bits per heavy atom. The number of carbonyl (C=O) groups is 1. The quantitative estimate of drug-likeness (QED) is 0.390. The highest BCUT2D eigenvalue weighted by atomic mass is 35.5. The van der Waals surface area contributed by atoms with Crippen molar-refractivity contribution in [2.45, 2.75) is 56.8 Å². The number of carbonyl (C=O) groups excluding carboxylic acids is 1. The van der Waals surface area contributed by atoms with Gasteiger partial charge in [0.1, 0.15) is 5.54 Å². The van der Waals surface area contributed by atoms with Crippen LogP contribution in [0.5, 0.6) is 0 Å². The molecule has 1 aromatic heterocycles. The monoisotopic (exact) mass is 501 g/mol. The summed E-state index contributed by atoms with van der Waals surface area (Å²) in [7, 11) is 0. The molecule has 2 N–H and O–H groups in total. The van der Waals surface area contributed by atoms with E-state index in [1.165, 1.54) is 12.3 Å². The van der Waals surface area contributed by atoms with Crippen LogP contribution in [0.4, 0.5) is 18.0 Å². The highest BCUT2D eigenvalue weighted by Gasteiger charge is 2.41. The lowest BCUT2D eigenvalue weighted by atomic mass is 9.78. The molecular weight excluding hydrogens is 475 g/mol. The van der Waals surface area contributed by atoms with Crippen molar-refractivity contribution in [1.29, 1.82) is 0 Å². The van der Waals surface area contributed by atoms with E-state index in [-0.39, 0.29) is 18.0 Å². The van der Waals surface area contributed by atoms with Crippen LogP contribution in [-0.4, -0.2) is 17.1 Å². The number of halogens is 4. The number of alkyl halides is 3. The maximum atomic E-state index is 13.7. The molecule has 0 bridgehead atoms. The van der Waals surface area contributed by atoms with Crippen LogP contribution in [0, 0.1) is 6.92 Å². The van der Waals surface area contributed by atoms with Crippen molar-refractivity contribution in [1.82, 2.24) is 15.6 Å². The van der Waals surface area contributed by atoms with Gasteiger partial charge in [0.05, 0.1) is 16.3 Å². The van der Waals surface area contributed by atoms with E-state index in [4.69, 9.17) is 11.6 Å². The minimum absolute atomic E-state index is 0.0326. The lowest BCUT2D eigenvalue weighted by Crippen LogP contribution is -2.54. The number of aryl methyl sites for hydroxylation is 1. The maximum absolute atomic E-state index is 13.7. The normalized spacial score (nSPS) is 16.0. The number of nitrogens with one attached hydrogen (secondary N) is 2. The number of hydrogen-bond acceptors (Lipinski definition) is 2. The Kier molecular flexibility index (Phi) is 7.36. The van der Waals surface area contributed by atoms with Crippen molar-refractivity contribution in [2.24, 2.45) is 0 Å². The SMILES string of the molecule is Cc1cc(Cl)cnc1C(Cc1ccccc1)(NC(=O)NC1CCCC1)c1cccc(C(F)(F)F)c1. The zero-order valence-electron chi connectivity index (χ0n) is 19.3. The van der Waals surface area contributed by atoms with Gasteiger partial charge in [-0.3, -0.25) is 4.98 Å². The van der Waals surface area contributed by atoms with Gasteiger partial charge in [-0.05, 0) is 54.7 Å². The fourth-order valence-electron chi connectivity index (χ4n) is 4.83. The second kappa shape index (κ2) is 10.3. The molecule has 4 rings (SSSR count). The van der Waals surface area contributed by atoms with Gasteiger partial charge in [-0.1, -0.05) is 66.9 Å². The zero-order chi connectivity index (χ0) is 25.1. The van der Waals surface area contributed by atoms with E-state index < -0.39 is 23.3 Å². The summed E-state index contributed by atoms with van der Waals surface area (Å²) in [4.78, 5) is 17.9. The van der Waals surface area contributed by atoms with Crippen LogP contribution in [0.1, 0.15) is 53.6 Å². The maximum Gasteiger partial charge on any atom is 0.416 e. The minimum Gasteiger partial charge on any atom is -0.335 e. The molecule has 0 saturated heterocycles. The molecule has 1 aliphatic carbocycles. The molecule has 1 heterocycles. The van der Waals surface area contributed by atoms with Gasteiger partial charge in [-0.15, -0.1) is 0 Å². The fourth-order valence-corrected chi connectivity index (χ4v) is 5.05. The molecule has 2 aromatic carbocycles. The van der Waals surface area contributed by atoms with Gasteiger partial charge in [-0.25, -0.2) is 4.79 Å². The molecule has 0 radical (unpaired) electrons. The first kappa shape index (κ1) is 25.0. The molecular formula is C27H27ClF3N3O. The molecule has 0 aliphatic heterocycles. The van der Waals surface area contributed by atoms with E-state index in [2.05, 4.69) is 15.6 Å². The summed E-state index contributed by atoms with van der Waals surface area (Å²) >= 11 is 6.17. The van der Waals surface area contributed by atoms with Crippen LogP contribution >= 0.6 is 11.6 Å². The van der Waals surface area contributed by atoms with Gasteiger partial charge in [0.25, 0.3) is 0 Å². The molecule has 184 valence electrons. The second-order valence-electron chi connectivity index (χ2n) is 9.05. The summed E-state index contributed by atoms with van der Waals surface area (Å²) in [6.45, 7) is 1.79. The van der Waals surface area contributed by atoms with E-state index in [9.17, 15) is 18.0 Å². The Labute approximate surface area is 207 Å². The van der Waals surface area contributed by atoms with E-state index in [0.29, 0.717) is 16.3 Å². The topological polar surface area (TPSA) is 54.0 Å². The third kappa shape index (κ3) is 5.78. The van der Waals surface area contributed by atoms with Crippen LogP contribution in [0.3, 0.4) is 0 Å². The van der Waals surface area contributed by atoms with Gasteiger partial charge in [-0.2, -0.15) is 13.2 Å². The van der Waals surface area contributed by atoms with Gasteiger partial charge in [0.2, 0.25) is 0 Å². The Morgan fingerprint density at radius 2 is 1.71 bits per heavy atom. The van der Waals surface area contributed by atoms with Crippen LogP contribution < -0.4 is 10.6 Å². The van der Waals surface area contributed by atoms with E-state index in [0.717, 1.165) is 43.4 Å². The van der Waals surface area contributed by atoms with Crippen molar-refractivity contribution in [3.05, 3.63) is 99.8 Å². The lowest BCUT2D eigenvalue weighted by molar-refractivity contribution is -0.137. The van der Waals surface area contributed by atoms with Crippen molar-refractivity contribution >= 4 is 17.6 Å². The molecule has 1 fully saturated rings. The van der Waals surface area contributed by atoms with Crippen molar-refractivity contribution in [3.63, 3.8) is 0 Å². The van der Waals surface area contributed by atoms with E-state index in [1.54, 1.807) is 19.1 Å². The Hall–Kier alpha value is -3.06. The Morgan fingerprint density at radius 3 is 2.37 bits per heavy atom. The van der Waals surface area contributed by atoms with Crippen molar-refractivity contribution in [2.75, 3.05) is 0 Å². The van der Waals surface area contributed by atoms with Crippen LogP contribution in [0.2, 0.25) is 5.02 Å². The molecule has 0 spiro atoms. The summed E-state index contributed by atoms with van der Waals surface area (Å²) in [6.07, 6.45) is 0.929.